The summed E-state index contributed by atoms with van der Waals surface area (Å²) in [4.78, 5) is 16.3. The number of carbonyl (C=O) groups is 1. The number of hydrogen-bond acceptors (Lipinski definition) is 3. The van der Waals surface area contributed by atoms with Gasteiger partial charge in [0.05, 0.1) is 6.54 Å². The molecule has 0 amide bonds. The molecule has 0 aliphatic rings. The van der Waals surface area contributed by atoms with E-state index in [1.807, 2.05) is 46.3 Å². The average molecular weight is 248 g/mol. The lowest BCUT2D eigenvalue weighted by Gasteiger charge is -2.18. The van der Waals surface area contributed by atoms with Gasteiger partial charge in [-0.1, -0.05) is 12.1 Å². The van der Waals surface area contributed by atoms with E-state index in [0.29, 0.717) is 6.54 Å². The molecule has 3 nitrogen and oxygen atoms in total. The summed E-state index contributed by atoms with van der Waals surface area (Å²) in [5.41, 5.74) is 3.22. The molecule has 0 atom stereocenters. The number of nitrogens with zero attached hydrogens (tertiary/aromatic N) is 2. The monoisotopic (exact) mass is 248 g/mol. The van der Waals surface area contributed by atoms with Crippen LogP contribution in [0.3, 0.4) is 0 Å². The molecule has 100 valence electrons. The first-order chi connectivity index (χ1) is 8.40. The topological polar surface area (TPSA) is 23.6 Å². The highest BCUT2D eigenvalue weighted by molar-refractivity contribution is 5.97. The Kier molecular flexibility index (Phi) is 5.51. The average Bonchev–Trinajstić information content (AvgIpc) is 2.30. The van der Waals surface area contributed by atoms with Gasteiger partial charge in [0.25, 0.3) is 0 Å². The lowest BCUT2D eigenvalue weighted by Crippen LogP contribution is -2.32. The van der Waals surface area contributed by atoms with Crippen molar-refractivity contribution in [2.24, 2.45) is 0 Å². The Bertz CT molecular complexity index is 413. The third kappa shape index (κ3) is 4.59. The molecule has 0 heterocycles. The van der Waals surface area contributed by atoms with Gasteiger partial charge >= 0.3 is 0 Å². The van der Waals surface area contributed by atoms with Gasteiger partial charge in [-0.25, -0.2) is 0 Å². The predicted molar refractivity (Wildman–Crippen MR) is 76.3 cm³/mol. The van der Waals surface area contributed by atoms with Crippen LogP contribution < -0.4 is 0 Å². The number of rotatable bonds is 6. The van der Waals surface area contributed by atoms with Crippen LogP contribution in [0.15, 0.2) is 18.2 Å². The van der Waals surface area contributed by atoms with E-state index in [1.165, 1.54) is 11.1 Å². The first-order valence-electron chi connectivity index (χ1n) is 6.34. The zero-order valence-electron chi connectivity index (χ0n) is 12.2. The number of Topliss-reactive ketones (excluding diaryl/α,β-unsaturated/α-hetero) is 1. The van der Waals surface area contributed by atoms with Crippen LogP contribution in [0, 0.1) is 13.8 Å². The summed E-state index contributed by atoms with van der Waals surface area (Å²) < 4.78 is 0. The molecular weight excluding hydrogens is 224 g/mol. The normalized spacial score (nSPS) is 11.3. The Morgan fingerprint density at radius 2 is 1.72 bits per heavy atom. The van der Waals surface area contributed by atoms with Crippen molar-refractivity contribution < 1.29 is 4.79 Å². The molecule has 1 aromatic carbocycles. The van der Waals surface area contributed by atoms with E-state index in [-0.39, 0.29) is 5.78 Å². The number of benzene rings is 1. The highest BCUT2D eigenvalue weighted by Crippen LogP contribution is 2.10. The molecular formula is C15H24N2O. The first kappa shape index (κ1) is 14.9. The highest BCUT2D eigenvalue weighted by Gasteiger charge is 2.10. The molecule has 0 spiro atoms. The van der Waals surface area contributed by atoms with Crippen molar-refractivity contribution in [3.63, 3.8) is 0 Å². The number of carbonyl (C=O) groups excluding carboxylic acids is 1. The maximum atomic E-state index is 12.1. The van der Waals surface area contributed by atoms with Gasteiger partial charge in [-0.15, -0.1) is 0 Å². The molecule has 0 saturated heterocycles. The van der Waals surface area contributed by atoms with Gasteiger partial charge in [0.15, 0.2) is 5.78 Å². The van der Waals surface area contributed by atoms with E-state index in [1.54, 1.807) is 0 Å². The van der Waals surface area contributed by atoms with Gasteiger partial charge in [-0.2, -0.15) is 0 Å². The van der Waals surface area contributed by atoms with Crippen molar-refractivity contribution in [2.75, 3.05) is 40.8 Å². The summed E-state index contributed by atoms with van der Waals surface area (Å²) in [5, 5.41) is 0. The minimum absolute atomic E-state index is 0.194. The molecule has 3 heteroatoms. The number of likely N-dealkylation sites (N-methyl/N-ethyl adjacent to an activating group) is 2. The second kappa shape index (κ2) is 6.66. The first-order valence-corrected chi connectivity index (χ1v) is 6.34. The SMILES string of the molecule is Cc1ccc(C(=O)CN(C)CCN(C)C)cc1C. The molecule has 0 fully saturated rings. The zero-order chi connectivity index (χ0) is 13.7. The van der Waals surface area contributed by atoms with Crippen LogP contribution in [0.4, 0.5) is 0 Å². The van der Waals surface area contributed by atoms with E-state index < -0.39 is 0 Å². The van der Waals surface area contributed by atoms with E-state index in [2.05, 4.69) is 16.7 Å². The van der Waals surface area contributed by atoms with Crippen LogP contribution in [0.5, 0.6) is 0 Å². The maximum Gasteiger partial charge on any atom is 0.176 e. The molecule has 0 saturated carbocycles. The van der Waals surface area contributed by atoms with Crippen molar-refractivity contribution >= 4 is 5.78 Å². The van der Waals surface area contributed by atoms with E-state index >= 15 is 0 Å². The van der Waals surface area contributed by atoms with Crippen molar-refractivity contribution in [3.05, 3.63) is 34.9 Å². The smallest absolute Gasteiger partial charge is 0.176 e. The molecule has 0 unspecified atom stereocenters. The second-order valence-corrected chi connectivity index (χ2v) is 5.26. The fraction of sp³-hybridized carbons (Fsp3) is 0.533. The molecule has 0 bridgehead atoms. The van der Waals surface area contributed by atoms with Gasteiger partial charge in [0.1, 0.15) is 0 Å². The van der Waals surface area contributed by atoms with Crippen molar-refractivity contribution in [3.8, 4) is 0 Å². The summed E-state index contributed by atoms with van der Waals surface area (Å²) >= 11 is 0. The molecule has 0 aromatic heterocycles. The highest BCUT2D eigenvalue weighted by atomic mass is 16.1. The van der Waals surface area contributed by atoms with Gasteiger partial charge in [-0.05, 0) is 52.2 Å². The lowest BCUT2D eigenvalue weighted by molar-refractivity contribution is 0.0942. The Morgan fingerprint density at radius 1 is 1.06 bits per heavy atom. The quantitative estimate of drug-likeness (QED) is 0.719. The summed E-state index contributed by atoms with van der Waals surface area (Å²) in [6, 6.07) is 5.92. The minimum atomic E-state index is 0.194. The molecule has 0 aliphatic carbocycles. The summed E-state index contributed by atoms with van der Waals surface area (Å²) in [6.45, 7) is 6.46. The predicted octanol–water partition coefficient (Wildman–Crippen LogP) is 1.98. The third-order valence-electron chi connectivity index (χ3n) is 3.17. The Hall–Kier alpha value is -1.19. The maximum absolute atomic E-state index is 12.1. The molecule has 0 aliphatic heterocycles. The second-order valence-electron chi connectivity index (χ2n) is 5.26. The molecule has 1 aromatic rings. The minimum Gasteiger partial charge on any atom is -0.308 e. The van der Waals surface area contributed by atoms with Crippen LogP contribution in [0.2, 0.25) is 0 Å². The van der Waals surface area contributed by atoms with Crippen LogP contribution in [-0.2, 0) is 0 Å². The Labute approximate surface area is 110 Å². The van der Waals surface area contributed by atoms with E-state index in [9.17, 15) is 4.79 Å². The van der Waals surface area contributed by atoms with Gasteiger partial charge < -0.3 is 4.90 Å². The number of ketones is 1. The molecule has 0 N–H and O–H groups in total. The molecule has 18 heavy (non-hydrogen) atoms. The van der Waals surface area contributed by atoms with Crippen LogP contribution in [0.25, 0.3) is 0 Å². The summed E-state index contributed by atoms with van der Waals surface area (Å²) in [5.74, 6) is 0.194. The van der Waals surface area contributed by atoms with Gasteiger partial charge in [0.2, 0.25) is 0 Å². The molecule has 0 radical (unpaired) electrons. The zero-order valence-corrected chi connectivity index (χ0v) is 12.2. The van der Waals surface area contributed by atoms with Gasteiger partial charge in [0, 0.05) is 18.7 Å². The largest absolute Gasteiger partial charge is 0.308 e. The Morgan fingerprint density at radius 3 is 2.28 bits per heavy atom. The molecule has 1 rings (SSSR count). The number of hydrogen-bond donors (Lipinski definition) is 0. The van der Waals surface area contributed by atoms with E-state index in [0.717, 1.165) is 18.7 Å². The summed E-state index contributed by atoms with van der Waals surface area (Å²) in [7, 11) is 6.07. The Balaban J connectivity index is 2.56. The number of aryl methyl sites for hydroxylation is 2. The lowest BCUT2D eigenvalue weighted by atomic mass is 10.0. The third-order valence-corrected chi connectivity index (χ3v) is 3.17. The fourth-order valence-electron chi connectivity index (χ4n) is 1.70. The van der Waals surface area contributed by atoms with Crippen LogP contribution >= 0.6 is 0 Å². The van der Waals surface area contributed by atoms with Crippen LogP contribution in [0.1, 0.15) is 21.5 Å². The van der Waals surface area contributed by atoms with Gasteiger partial charge in [-0.3, -0.25) is 9.69 Å². The van der Waals surface area contributed by atoms with E-state index in [4.69, 9.17) is 0 Å². The fourth-order valence-corrected chi connectivity index (χ4v) is 1.70. The van der Waals surface area contributed by atoms with Crippen LogP contribution in [-0.4, -0.2) is 56.4 Å². The summed E-state index contributed by atoms with van der Waals surface area (Å²) in [6.07, 6.45) is 0. The van der Waals surface area contributed by atoms with Crippen molar-refractivity contribution in [2.45, 2.75) is 13.8 Å². The standard InChI is InChI=1S/C15H24N2O/c1-12-6-7-14(10-13(12)2)15(18)11-17(5)9-8-16(3)4/h6-7,10H,8-9,11H2,1-5H3. The van der Waals surface area contributed by atoms with Crippen molar-refractivity contribution in [1.29, 1.82) is 0 Å². The van der Waals surface area contributed by atoms with Crippen molar-refractivity contribution in [1.82, 2.24) is 9.80 Å².